The molecule has 1 aliphatic carbocycles. The molecule has 0 spiro atoms. The molecule has 8 nitrogen and oxygen atoms in total. The Hall–Kier alpha value is -3.40. The van der Waals surface area contributed by atoms with Gasteiger partial charge >= 0.3 is 5.97 Å². The van der Waals surface area contributed by atoms with E-state index < -0.39 is 21.5 Å². The van der Waals surface area contributed by atoms with Crippen molar-refractivity contribution in [3.8, 4) is 0 Å². The third-order valence-electron chi connectivity index (χ3n) is 7.49. The molecule has 3 aromatic rings. The summed E-state index contributed by atoms with van der Waals surface area (Å²) in [4.78, 5) is 41.9. The zero-order valence-electron chi connectivity index (χ0n) is 23.4. The van der Waals surface area contributed by atoms with E-state index in [-0.39, 0.29) is 57.1 Å². The van der Waals surface area contributed by atoms with Crippen molar-refractivity contribution in [2.24, 2.45) is 5.41 Å². The van der Waals surface area contributed by atoms with E-state index in [1.165, 1.54) is 12.1 Å². The number of aromatic amines is 1. The van der Waals surface area contributed by atoms with Crippen LogP contribution in [0.3, 0.4) is 0 Å². The predicted octanol–water partition coefficient (Wildman–Crippen LogP) is 6.44. The van der Waals surface area contributed by atoms with Crippen LogP contribution in [0.2, 0.25) is 10.0 Å². The predicted molar refractivity (Wildman–Crippen MR) is 162 cm³/mol. The summed E-state index contributed by atoms with van der Waals surface area (Å²) in [5, 5.41) is 3.27. The van der Waals surface area contributed by atoms with Gasteiger partial charge in [0.15, 0.2) is 15.6 Å². The Morgan fingerprint density at radius 1 is 1.07 bits per heavy atom. The van der Waals surface area contributed by atoms with Gasteiger partial charge in [0.25, 0.3) is 5.91 Å². The summed E-state index contributed by atoms with van der Waals surface area (Å²) in [6, 6.07) is 9.22. The maximum Gasteiger partial charge on any atom is 0.306 e. The van der Waals surface area contributed by atoms with Crippen LogP contribution < -0.4 is 5.32 Å². The van der Waals surface area contributed by atoms with E-state index in [2.05, 4.69) is 10.3 Å². The van der Waals surface area contributed by atoms with Crippen molar-refractivity contribution in [2.45, 2.75) is 57.1 Å². The van der Waals surface area contributed by atoms with Crippen LogP contribution in [0.4, 0.5) is 5.69 Å². The molecule has 220 valence electrons. The number of Topliss-reactive ketones (excluding diaryl/α,β-unsaturated/α-hetero) is 1. The number of nitrogens with one attached hydrogen (secondary N) is 2. The SMILES string of the molecule is CCOC(=O)CCc1c(/C=C2\C(=O)Nc3ccc(S(=O)(=O)Cc4c(Cl)cccc4Cl)cc32)[nH]c2c1C(=O)CC(C)(C)C2. The number of aromatic nitrogens is 1. The molecule has 0 bridgehead atoms. The van der Waals surface area contributed by atoms with Crippen LogP contribution in [0.25, 0.3) is 11.6 Å². The highest BCUT2D eigenvalue weighted by atomic mass is 35.5. The highest BCUT2D eigenvalue weighted by molar-refractivity contribution is 7.90. The molecular formula is C31H30Cl2N2O6S. The Morgan fingerprint density at radius 3 is 2.48 bits per heavy atom. The van der Waals surface area contributed by atoms with Crippen LogP contribution in [0.1, 0.15) is 72.0 Å². The number of hydrogen-bond acceptors (Lipinski definition) is 6. The molecule has 0 saturated heterocycles. The molecule has 0 radical (unpaired) electrons. The molecule has 5 rings (SSSR count). The van der Waals surface area contributed by atoms with Crippen molar-refractivity contribution >= 4 is 68.0 Å². The average molecular weight is 630 g/mol. The van der Waals surface area contributed by atoms with Crippen molar-refractivity contribution in [1.82, 2.24) is 4.98 Å². The van der Waals surface area contributed by atoms with E-state index >= 15 is 0 Å². The van der Waals surface area contributed by atoms with Crippen LogP contribution in [0, 0.1) is 5.41 Å². The molecule has 11 heteroatoms. The molecule has 2 aliphatic rings. The van der Waals surface area contributed by atoms with Gasteiger partial charge in [-0.05, 0) is 67.2 Å². The fourth-order valence-corrected chi connectivity index (χ4v) is 7.71. The van der Waals surface area contributed by atoms with Crippen LogP contribution in [-0.2, 0) is 42.8 Å². The summed E-state index contributed by atoms with van der Waals surface area (Å²) >= 11 is 12.5. The third kappa shape index (κ3) is 5.91. The number of rotatable bonds is 8. The van der Waals surface area contributed by atoms with Gasteiger partial charge in [0.1, 0.15) is 0 Å². The first-order valence-corrected chi connectivity index (χ1v) is 16.0. The van der Waals surface area contributed by atoms with Gasteiger partial charge in [-0.25, -0.2) is 8.42 Å². The number of hydrogen-bond donors (Lipinski definition) is 2. The summed E-state index contributed by atoms with van der Waals surface area (Å²) < 4.78 is 31.9. The highest BCUT2D eigenvalue weighted by Gasteiger charge is 2.36. The number of H-pyrrole nitrogens is 1. The van der Waals surface area contributed by atoms with Crippen molar-refractivity contribution in [3.63, 3.8) is 0 Å². The monoisotopic (exact) mass is 628 g/mol. The van der Waals surface area contributed by atoms with E-state index in [4.69, 9.17) is 27.9 Å². The molecule has 2 aromatic carbocycles. The fourth-order valence-electron chi connectivity index (χ4n) is 5.59. The Balaban J connectivity index is 1.56. The summed E-state index contributed by atoms with van der Waals surface area (Å²) in [5.74, 6) is -1.23. The minimum absolute atomic E-state index is 0.00452. The maximum absolute atomic E-state index is 13.4. The normalized spacial score (nSPS) is 16.7. The second kappa shape index (κ2) is 11.4. The van der Waals surface area contributed by atoms with Gasteiger partial charge in [-0.15, -0.1) is 0 Å². The summed E-state index contributed by atoms with van der Waals surface area (Å²) in [6.45, 7) is 6.01. The lowest BCUT2D eigenvalue weighted by molar-refractivity contribution is -0.143. The van der Waals surface area contributed by atoms with Gasteiger partial charge < -0.3 is 15.0 Å². The number of ether oxygens (including phenoxy) is 1. The molecule has 0 atom stereocenters. The summed E-state index contributed by atoms with van der Waals surface area (Å²) in [7, 11) is -3.89. The molecule has 0 saturated carbocycles. The standard InChI is InChI=1S/C31H30Cl2N2O6S/c1-4-41-28(37)11-9-18-25(34-26-14-31(2,3)15-27(36)29(18)26)13-20-19-12-17(8-10-24(19)35-30(20)38)42(39,40)16-21-22(32)6-5-7-23(21)33/h5-8,10,12-13,34H,4,9,11,14-16H2,1-3H3,(H,35,38)/b20-13-. The lowest BCUT2D eigenvalue weighted by atomic mass is 9.75. The minimum Gasteiger partial charge on any atom is -0.466 e. The Labute approximate surface area is 254 Å². The van der Waals surface area contributed by atoms with Gasteiger partial charge in [0, 0.05) is 56.7 Å². The molecular weight excluding hydrogens is 599 g/mol. The maximum atomic E-state index is 13.4. The zero-order chi connectivity index (χ0) is 30.4. The minimum atomic E-state index is -3.89. The first-order chi connectivity index (χ1) is 19.8. The molecule has 1 amide bonds. The van der Waals surface area contributed by atoms with Crippen LogP contribution in [-0.4, -0.2) is 37.7 Å². The summed E-state index contributed by atoms with van der Waals surface area (Å²) in [6.07, 6.45) is 2.93. The van der Waals surface area contributed by atoms with Gasteiger partial charge in [-0.1, -0.05) is 43.1 Å². The van der Waals surface area contributed by atoms with E-state index in [1.807, 2.05) is 13.8 Å². The molecule has 42 heavy (non-hydrogen) atoms. The second-order valence-electron chi connectivity index (χ2n) is 11.3. The van der Waals surface area contributed by atoms with Crippen LogP contribution in [0.5, 0.6) is 0 Å². The zero-order valence-corrected chi connectivity index (χ0v) is 25.7. The average Bonchev–Trinajstić information content (AvgIpc) is 3.40. The quantitative estimate of drug-likeness (QED) is 0.219. The van der Waals surface area contributed by atoms with Crippen LogP contribution in [0.15, 0.2) is 41.3 Å². The Morgan fingerprint density at radius 2 is 1.79 bits per heavy atom. The molecule has 0 unspecified atom stereocenters. The van der Waals surface area contributed by atoms with Gasteiger partial charge in [-0.2, -0.15) is 0 Å². The number of benzene rings is 2. The lowest BCUT2D eigenvalue weighted by Crippen LogP contribution is -2.27. The van der Waals surface area contributed by atoms with Gasteiger partial charge in [0.2, 0.25) is 0 Å². The fraction of sp³-hybridized carbons (Fsp3) is 0.323. The number of sulfone groups is 1. The van der Waals surface area contributed by atoms with Gasteiger partial charge in [-0.3, -0.25) is 14.4 Å². The molecule has 1 aromatic heterocycles. The van der Waals surface area contributed by atoms with E-state index in [9.17, 15) is 22.8 Å². The van der Waals surface area contributed by atoms with Crippen molar-refractivity contribution in [3.05, 3.63) is 80.1 Å². The molecule has 2 heterocycles. The summed E-state index contributed by atoms with van der Waals surface area (Å²) in [5.41, 5.74) is 3.63. The van der Waals surface area contributed by atoms with Crippen molar-refractivity contribution in [2.75, 3.05) is 11.9 Å². The second-order valence-corrected chi connectivity index (χ2v) is 14.1. The molecule has 1 aliphatic heterocycles. The van der Waals surface area contributed by atoms with Crippen molar-refractivity contribution < 1.29 is 27.5 Å². The largest absolute Gasteiger partial charge is 0.466 e. The number of fused-ring (bicyclic) bond motifs is 2. The molecule has 2 N–H and O–H groups in total. The number of anilines is 1. The Bertz CT molecular complexity index is 1750. The van der Waals surface area contributed by atoms with Crippen LogP contribution >= 0.6 is 23.2 Å². The molecule has 0 fully saturated rings. The lowest BCUT2D eigenvalue weighted by Gasteiger charge is -2.28. The number of amides is 1. The first kappa shape index (κ1) is 30.1. The Kier molecular flexibility index (Phi) is 8.13. The van der Waals surface area contributed by atoms with E-state index in [0.29, 0.717) is 46.5 Å². The highest BCUT2D eigenvalue weighted by Crippen LogP contribution is 2.40. The number of ketones is 1. The number of carbonyl (C=O) groups is 3. The first-order valence-electron chi connectivity index (χ1n) is 13.6. The van der Waals surface area contributed by atoms with E-state index in [0.717, 1.165) is 5.69 Å². The van der Waals surface area contributed by atoms with Crippen molar-refractivity contribution in [1.29, 1.82) is 0 Å². The van der Waals surface area contributed by atoms with E-state index in [1.54, 1.807) is 37.3 Å². The topological polar surface area (TPSA) is 122 Å². The number of halogens is 2. The smallest absolute Gasteiger partial charge is 0.306 e. The number of carbonyl (C=O) groups excluding carboxylic acids is 3. The third-order valence-corrected chi connectivity index (χ3v) is 9.84. The van der Waals surface area contributed by atoms with Gasteiger partial charge in [0.05, 0.1) is 22.8 Å². The number of esters is 1.